The number of tetrazole rings is 1. The van der Waals surface area contributed by atoms with Gasteiger partial charge in [-0.2, -0.15) is 13.2 Å². The van der Waals surface area contributed by atoms with Gasteiger partial charge in [0, 0.05) is 31.1 Å². The monoisotopic (exact) mass is 478 g/mol. The number of carbonyl (C=O) groups is 1. The van der Waals surface area contributed by atoms with Crippen molar-refractivity contribution in [2.24, 2.45) is 7.05 Å². The third-order valence-electron chi connectivity index (χ3n) is 3.86. The predicted octanol–water partition coefficient (Wildman–Crippen LogP) is 0.888. The molecule has 2 aromatic heterocycles. The van der Waals surface area contributed by atoms with Crippen molar-refractivity contribution in [2.75, 3.05) is 0 Å². The molecule has 0 unspecified atom stereocenters. The second-order valence-electron chi connectivity index (χ2n) is 6.11. The van der Waals surface area contributed by atoms with Crippen LogP contribution < -0.4 is 20.8 Å². The van der Waals surface area contributed by atoms with Crippen LogP contribution in [0.3, 0.4) is 0 Å². The highest BCUT2D eigenvalue weighted by Crippen LogP contribution is 2.30. The molecule has 1 aromatic carbocycles. The van der Waals surface area contributed by atoms with E-state index in [-0.39, 0.29) is 31.8 Å². The molecule has 0 radical (unpaired) electrons. The molecule has 0 amide bonds. The summed E-state index contributed by atoms with van der Waals surface area (Å²) in [7, 11) is 0.782. The predicted molar refractivity (Wildman–Crippen MR) is 96.7 cm³/mol. The maximum Gasteiger partial charge on any atom is 0.431 e. The third kappa shape index (κ3) is 4.61. The average Bonchev–Trinajstić information content (AvgIpc) is 3.11. The van der Waals surface area contributed by atoms with Crippen LogP contribution in [0.4, 0.5) is 17.6 Å². The first-order chi connectivity index (χ1) is 14.9. The van der Waals surface area contributed by atoms with Gasteiger partial charge in [0.15, 0.2) is 6.61 Å². The van der Waals surface area contributed by atoms with E-state index in [0.717, 1.165) is 20.0 Å². The first-order valence-corrected chi connectivity index (χ1v) is 8.76. The molecule has 0 aliphatic carbocycles. The van der Waals surface area contributed by atoms with E-state index in [1.807, 2.05) is 0 Å². The summed E-state index contributed by atoms with van der Waals surface area (Å²) < 4.78 is 59.2. The maximum absolute atomic E-state index is 14.5. The van der Waals surface area contributed by atoms with Crippen LogP contribution in [0.2, 0.25) is 5.02 Å². The van der Waals surface area contributed by atoms with Crippen molar-refractivity contribution >= 4 is 17.6 Å². The molecule has 0 saturated carbocycles. The van der Waals surface area contributed by atoms with Gasteiger partial charge in [-0.05, 0) is 11.3 Å². The van der Waals surface area contributed by atoms with Crippen molar-refractivity contribution in [3.05, 3.63) is 61.4 Å². The molecular weight excluding hydrogens is 468 g/mol. The van der Waals surface area contributed by atoms with Crippen molar-refractivity contribution in [1.29, 1.82) is 0 Å². The Morgan fingerprint density at radius 3 is 2.53 bits per heavy atom. The minimum atomic E-state index is -4.98. The van der Waals surface area contributed by atoms with E-state index in [4.69, 9.17) is 16.3 Å². The van der Waals surface area contributed by atoms with Crippen LogP contribution in [0.5, 0.6) is 5.75 Å². The number of hydrogen-bond acceptors (Lipinski definition) is 8. The molecular formula is C16H11ClF4N6O5. The molecule has 16 heteroatoms. The van der Waals surface area contributed by atoms with E-state index in [9.17, 15) is 31.9 Å². The van der Waals surface area contributed by atoms with Gasteiger partial charge in [-0.3, -0.25) is 9.36 Å². The van der Waals surface area contributed by atoms with Crippen LogP contribution in [-0.4, -0.2) is 35.5 Å². The van der Waals surface area contributed by atoms with Crippen molar-refractivity contribution < 1.29 is 31.9 Å². The lowest BCUT2D eigenvalue weighted by molar-refractivity contribution is -0.145. The molecule has 170 valence electrons. The quantitative estimate of drug-likeness (QED) is 0.391. The lowest BCUT2D eigenvalue weighted by Gasteiger charge is -2.15. The minimum Gasteiger partial charge on any atom is -0.484 e. The van der Waals surface area contributed by atoms with E-state index in [1.54, 1.807) is 0 Å². The normalized spacial score (nSPS) is 11.5. The number of nitrogens with zero attached hydrogens (tertiary/aromatic N) is 6. The zero-order valence-corrected chi connectivity index (χ0v) is 16.8. The highest BCUT2D eigenvalue weighted by atomic mass is 35.5. The number of rotatable bonds is 5. The molecule has 0 spiro atoms. The molecule has 3 rings (SSSR count). The lowest BCUT2D eigenvalue weighted by Crippen LogP contribution is -2.41. The molecule has 11 nitrogen and oxygen atoms in total. The number of alkyl halides is 3. The Morgan fingerprint density at radius 1 is 1.22 bits per heavy atom. The Hall–Kier alpha value is -3.75. The van der Waals surface area contributed by atoms with Crippen molar-refractivity contribution in [3.8, 4) is 11.4 Å². The molecule has 0 aliphatic rings. The summed E-state index contributed by atoms with van der Waals surface area (Å²) in [6.45, 7) is 0.693. The fourth-order valence-electron chi connectivity index (χ4n) is 2.50. The summed E-state index contributed by atoms with van der Waals surface area (Å²) in [6.07, 6.45) is -4.98. The fraction of sp³-hybridized carbons (Fsp3) is 0.250. The number of ether oxygens (including phenoxy) is 1. The Kier molecular flexibility index (Phi) is 6.03. The molecule has 0 atom stereocenters. The average molecular weight is 479 g/mol. The van der Waals surface area contributed by atoms with Crippen molar-refractivity contribution in [3.63, 3.8) is 0 Å². The molecule has 3 aromatic rings. The van der Waals surface area contributed by atoms with Crippen LogP contribution >= 0.6 is 11.6 Å². The molecule has 32 heavy (non-hydrogen) atoms. The van der Waals surface area contributed by atoms with E-state index < -0.39 is 47.2 Å². The first-order valence-electron chi connectivity index (χ1n) is 8.38. The SMILES string of the molecule is CC(=O)On1nnc(COc2cc(-n3c(=O)cc(C(F)(F)F)n(C)c3=O)c(F)cc2Cl)n1. The summed E-state index contributed by atoms with van der Waals surface area (Å²) >= 11 is 5.91. The molecule has 0 bridgehead atoms. The van der Waals surface area contributed by atoms with Crippen LogP contribution in [0.1, 0.15) is 18.4 Å². The van der Waals surface area contributed by atoms with E-state index in [1.165, 1.54) is 0 Å². The van der Waals surface area contributed by atoms with Gasteiger partial charge >= 0.3 is 17.8 Å². The summed E-state index contributed by atoms with van der Waals surface area (Å²) in [6, 6.07) is 1.72. The van der Waals surface area contributed by atoms with Crippen LogP contribution in [0.15, 0.2) is 27.8 Å². The van der Waals surface area contributed by atoms with Gasteiger partial charge in [0.25, 0.3) is 5.56 Å². The summed E-state index contributed by atoms with van der Waals surface area (Å²) in [5.74, 6) is -2.22. The van der Waals surface area contributed by atoms with Gasteiger partial charge in [-0.1, -0.05) is 16.7 Å². The topological polar surface area (TPSA) is 123 Å². The first kappa shape index (κ1) is 22.9. The van der Waals surface area contributed by atoms with Crippen molar-refractivity contribution in [2.45, 2.75) is 19.7 Å². The molecule has 0 N–H and O–H groups in total. The molecule has 0 saturated heterocycles. The number of halogens is 5. The fourth-order valence-corrected chi connectivity index (χ4v) is 2.71. The van der Waals surface area contributed by atoms with Crippen LogP contribution in [-0.2, 0) is 24.6 Å². The standard InChI is InChI=1S/C16H11ClF4N6O5/c1-7(28)32-27-23-13(22-24-27)6-31-11-4-10(9(18)3-8(11)17)26-14(29)5-12(16(19,20)21)25(2)15(26)30/h3-5H,6H2,1-2H3. The Bertz CT molecular complexity index is 1320. The highest BCUT2D eigenvalue weighted by molar-refractivity contribution is 6.32. The summed E-state index contributed by atoms with van der Waals surface area (Å²) in [5, 5.41) is 10.3. The Balaban J connectivity index is 1.98. The van der Waals surface area contributed by atoms with E-state index in [0.29, 0.717) is 11.0 Å². The number of hydrogen-bond donors (Lipinski definition) is 0. The zero-order valence-electron chi connectivity index (χ0n) is 16.1. The van der Waals surface area contributed by atoms with E-state index in [2.05, 4.69) is 20.2 Å². The number of benzene rings is 1. The zero-order chi connectivity index (χ0) is 23.8. The largest absolute Gasteiger partial charge is 0.484 e. The van der Waals surface area contributed by atoms with Gasteiger partial charge in [0.2, 0.25) is 5.82 Å². The van der Waals surface area contributed by atoms with Gasteiger partial charge in [0.1, 0.15) is 17.3 Å². The highest BCUT2D eigenvalue weighted by Gasteiger charge is 2.35. The second kappa shape index (κ2) is 8.41. The second-order valence-corrected chi connectivity index (χ2v) is 6.51. The molecule has 2 heterocycles. The minimum absolute atomic E-state index is 0.0872. The smallest absolute Gasteiger partial charge is 0.431 e. The molecule has 0 fully saturated rings. The van der Waals surface area contributed by atoms with Crippen LogP contribution in [0, 0.1) is 5.82 Å². The summed E-state index contributed by atoms with van der Waals surface area (Å²) in [4.78, 5) is 40.5. The maximum atomic E-state index is 14.5. The van der Waals surface area contributed by atoms with Gasteiger partial charge < -0.3 is 9.57 Å². The third-order valence-corrected chi connectivity index (χ3v) is 4.15. The van der Waals surface area contributed by atoms with Gasteiger partial charge in [-0.15, -0.1) is 5.10 Å². The van der Waals surface area contributed by atoms with E-state index >= 15 is 0 Å². The lowest BCUT2D eigenvalue weighted by atomic mass is 10.2. The van der Waals surface area contributed by atoms with Gasteiger partial charge in [0.05, 0.1) is 10.7 Å². The van der Waals surface area contributed by atoms with Crippen LogP contribution in [0.25, 0.3) is 5.69 Å². The number of carbonyl (C=O) groups excluding carboxylic acids is 1. The van der Waals surface area contributed by atoms with Gasteiger partial charge in [-0.25, -0.2) is 18.5 Å². The Labute approximate surface area is 179 Å². The number of aromatic nitrogens is 6. The Morgan fingerprint density at radius 2 is 1.91 bits per heavy atom. The molecule has 0 aliphatic heterocycles. The summed E-state index contributed by atoms with van der Waals surface area (Å²) in [5.41, 5.74) is -5.06. The van der Waals surface area contributed by atoms with Crippen molar-refractivity contribution in [1.82, 2.24) is 29.5 Å².